The average Bonchev–Trinajstić information content (AvgIpc) is 2.63. The smallest absolute Gasteiger partial charge is 0.118 e. The minimum atomic E-state index is -0.467. The molecule has 1 aromatic rings. The van der Waals surface area contributed by atoms with Crippen molar-refractivity contribution in [2.75, 3.05) is 16.6 Å². The minimum Gasteiger partial charge on any atom is -0.351 e. The van der Waals surface area contributed by atoms with Gasteiger partial charge in [0.2, 0.25) is 0 Å². The van der Waals surface area contributed by atoms with Gasteiger partial charge in [-0.05, 0) is 12.1 Å². The molecule has 120 valence electrons. The normalized spacial score (nSPS) is 18.6. The number of benzene rings is 1. The second kappa shape index (κ2) is 5.74. The maximum atomic E-state index is 9.33. The highest BCUT2D eigenvalue weighted by atomic mass is 31.1. The van der Waals surface area contributed by atoms with Crippen molar-refractivity contribution in [2.24, 2.45) is 0 Å². The Labute approximate surface area is 136 Å². The Bertz CT molecular complexity index is 563. The van der Waals surface area contributed by atoms with Crippen molar-refractivity contribution < 1.29 is 0 Å². The van der Waals surface area contributed by atoms with E-state index in [1.165, 1.54) is 11.4 Å². The number of anilines is 2. The molecule has 1 aromatic carbocycles. The maximum Gasteiger partial charge on any atom is 0.118 e. The summed E-state index contributed by atoms with van der Waals surface area (Å²) < 4.78 is 2.55. The summed E-state index contributed by atoms with van der Waals surface area (Å²) in [6.45, 7) is 14.0. The molecule has 0 N–H and O–H groups in total. The van der Waals surface area contributed by atoms with E-state index in [1.54, 1.807) is 0 Å². The third-order valence-electron chi connectivity index (χ3n) is 4.00. The Morgan fingerprint density at radius 2 is 1.55 bits per heavy atom. The molecular formula is C18H28N3P. The predicted molar refractivity (Wildman–Crippen MR) is 97.8 cm³/mol. The lowest BCUT2D eigenvalue weighted by Gasteiger charge is -2.49. The van der Waals surface area contributed by atoms with Crippen LogP contribution in [0.1, 0.15) is 48.0 Å². The van der Waals surface area contributed by atoms with E-state index in [0.29, 0.717) is 6.42 Å². The fourth-order valence-corrected chi connectivity index (χ4v) is 7.83. The molecule has 4 heteroatoms. The van der Waals surface area contributed by atoms with Gasteiger partial charge in [0.25, 0.3) is 0 Å². The summed E-state index contributed by atoms with van der Waals surface area (Å²) in [6.07, 6.45) is 0.655. The van der Waals surface area contributed by atoms with Crippen LogP contribution in [0.25, 0.3) is 0 Å². The van der Waals surface area contributed by atoms with Gasteiger partial charge in [0.1, 0.15) is 6.17 Å². The minimum absolute atomic E-state index is 0.131. The van der Waals surface area contributed by atoms with E-state index in [1.807, 2.05) is 0 Å². The highest BCUT2D eigenvalue weighted by molar-refractivity contribution is 7.62. The Morgan fingerprint density at radius 1 is 1.05 bits per heavy atom. The molecule has 0 amide bonds. The first kappa shape index (κ1) is 17.1. The second-order valence-electron chi connectivity index (χ2n) is 7.94. The van der Waals surface area contributed by atoms with Crippen molar-refractivity contribution in [2.45, 2.75) is 64.4 Å². The SMILES string of the molecule is CN1c2ccccc2N(P(C(C)(C)C)C(C)(C)C)C1CC#N. The highest BCUT2D eigenvalue weighted by Gasteiger charge is 2.46. The van der Waals surface area contributed by atoms with Crippen molar-refractivity contribution >= 4 is 19.4 Å². The molecule has 1 heterocycles. The van der Waals surface area contributed by atoms with Crippen LogP contribution in [0.4, 0.5) is 11.4 Å². The van der Waals surface area contributed by atoms with Crippen LogP contribution in [0.15, 0.2) is 24.3 Å². The van der Waals surface area contributed by atoms with Crippen LogP contribution in [0.3, 0.4) is 0 Å². The summed E-state index contributed by atoms with van der Waals surface area (Å²) in [5, 5.41) is 9.69. The van der Waals surface area contributed by atoms with Crippen LogP contribution >= 0.6 is 8.07 Å². The van der Waals surface area contributed by atoms with Crippen molar-refractivity contribution in [3.63, 3.8) is 0 Å². The van der Waals surface area contributed by atoms with Crippen molar-refractivity contribution in [3.05, 3.63) is 24.3 Å². The number of nitriles is 1. The van der Waals surface area contributed by atoms with Gasteiger partial charge in [0, 0.05) is 25.4 Å². The lowest BCUT2D eigenvalue weighted by Crippen LogP contribution is -2.44. The number of fused-ring (bicyclic) bond motifs is 1. The molecule has 1 aliphatic heterocycles. The van der Waals surface area contributed by atoms with E-state index in [4.69, 9.17) is 0 Å². The van der Waals surface area contributed by atoms with Crippen LogP contribution in [0, 0.1) is 11.3 Å². The van der Waals surface area contributed by atoms with Crippen molar-refractivity contribution in [1.29, 1.82) is 5.26 Å². The molecule has 0 saturated carbocycles. The standard InChI is InChI=1S/C18H28N3P/c1-17(2,3)22(18(4,5)6)21-15-11-9-8-10-14(15)20(7)16(21)12-13-19/h8-11,16H,12H2,1-7H3. The van der Waals surface area contributed by atoms with Crippen molar-refractivity contribution in [1.82, 2.24) is 0 Å². The average molecular weight is 317 g/mol. The van der Waals surface area contributed by atoms with E-state index < -0.39 is 8.07 Å². The van der Waals surface area contributed by atoms with Gasteiger partial charge in [-0.3, -0.25) is 0 Å². The summed E-state index contributed by atoms with van der Waals surface area (Å²) in [6, 6.07) is 10.9. The highest BCUT2D eigenvalue weighted by Crippen LogP contribution is 2.66. The van der Waals surface area contributed by atoms with Gasteiger partial charge in [0.15, 0.2) is 0 Å². The summed E-state index contributed by atoms with van der Waals surface area (Å²) in [4.78, 5) is 2.27. The zero-order chi connectivity index (χ0) is 16.7. The Balaban J connectivity index is 2.60. The number of para-hydroxylation sites is 2. The van der Waals surface area contributed by atoms with Gasteiger partial charge in [0.05, 0.1) is 23.9 Å². The Hall–Kier alpha value is -1.26. The maximum absolute atomic E-state index is 9.33. The molecule has 0 spiro atoms. The Morgan fingerprint density at radius 3 is 2.00 bits per heavy atom. The van der Waals surface area contributed by atoms with Crippen LogP contribution in [0.2, 0.25) is 0 Å². The monoisotopic (exact) mass is 317 g/mol. The van der Waals surface area contributed by atoms with E-state index in [0.717, 1.165) is 0 Å². The molecule has 0 bridgehead atoms. The molecule has 1 aliphatic rings. The third kappa shape index (κ3) is 2.95. The molecule has 0 saturated heterocycles. The van der Waals surface area contributed by atoms with Gasteiger partial charge >= 0.3 is 0 Å². The molecule has 0 fully saturated rings. The van der Waals surface area contributed by atoms with E-state index in [2.05, 4.69) is 88.5 Å². The molecule has 2 rings (SSSR count). The van der Waals surface area contributed by atoms with Gasteiger partial charge in [-0.1, -0.05) is 53.7 Å². The lowest BCUT2D eigenvalue weighted by atomic mass is 10.2. The summed E-state index contributed by atoms with van der Waals surface area (Å²) in [7, 11) is 1.64. The molecule has 0 aromatic heterocycles. The first-order valence-corrected chi connectivity index (χ1v) is 9.17. The topological polar surface area (TPSA) is 30.3 Å². The van der Waals surface area contributed by atoms with Crippen LogP contribution in [0.5, 0.6) is 0 Å². The van der Waals surface area contributed by atoms with Crippen LogP contribution < -0.4 is 9.57 Å². The molecule has 0 aliphatic carbocycles. The number of hydrogen-bond acceptors (Lipinski definition) is 3. The largest absolute Gasteiger partial charge is 0.351 e. The first-order valence-electron chi connectivity index (χ1n) is 7.87. The van der Waals surface area contributed by atoms with Gasteiger partial charge < -0.3 is 9.57 Å². The fourth-order valence-electron chi connectivity index (χ4n) is 3.64. The van der Waals surface area contributed by atoms with Gasteiger partial charge in [-0.2, -0.15) is 5.26 Å². The number of hydrogen-bond donors (Lipinski definition) is 0. The molecule has 1 unspecified atom stereocenters. The second-order valence-corrected chi connectivity index (χ2v) is 11.7. The summed E-state index contributed by atoms with van der Waals surface area (Å²) in [5.41, 5.74) is 2.52. The number of rotatable bonds is 2. The fraction of sp³-hybridized carbons (Fsp3) is 0.611. The number of nitrogens with zero attached hydrogens (tertiary/aromatic N) is 3. The van der Waals surface area contributed by atoms with Gasteiger partial charge in [-0.15, -0.1) is 0 Å². The predicted octanol–water partition coefficient (Wildman–Crippen LogP) is 5.18. The Kier molecular flexibility index (Phi) is 4.46. The molecule has 3 nitrogen and oxygen atoms in total. The molecule has 1 atom stereocenters. The molecular weight excluding hydrogens is 289 g/mol. The summed E-state index contributed by atoms with van der Waals surface area (Å²) in [5.74, 6) is 0. The summed E-state index contributed by atoms with van der Waals surface area (Å²) >= 11 is 0. The zero-order valence-corrected chi connectivity index (χ0v) is 15.8. The molecule has 0 radical (unpaired) electrons. The zero-order valence-electron chi connectivity index (χ0n) is 14.9. The first-order chi connectivity index (χ1) is 10.1. The molecule has 22 heavy (non-hydrogen) atoms. The van der Waals surface area contributed by atoms with Gasteiger partial charge in [-0.25, -0.2) is 0 Å². The third-order valence-corrected chi connectivity index (χ3v) is 7.45. The van der Waals surface area contributed by atoms with Crippen molar-refractivity contribution in [3.8, 4) is 6.07 Å². The van der Waals surface area contributed by atoms with E-state index >= 15 is 0 Å². The van der Waals surface area contributed by atoms with Crippen LogP contribution in [-0.2, 0) is 0 Å². The van der Waals surface area contributed by atoms with E-state index in [-0.39, 0.29) is 16.5 Å². The van der Waals surface area contributed by atoms with Crippen LogP contribution in [-0.4, -0.2) is 23.5 Å². The lowest BCUT2D eigenvalue weighted by molar-refractivity contribution is 0.654. The quantitative estimate of drug-likeness (QED) is 0.704. The van der Waals surface area contributed by atoms with E-state index in [9.17, 15) is 5.26 Å².